The number of hydrogen-bond acceptors (Lipinski definition) is 1. The first-order valence-corrected chi connectivity index (χ1v) is 24.0. The van der Waals surface area contributed by atoms with Crippen molar-refractivity contribution in [3.63, 3.8) is 0 Å². The second kappa shape index (κ2) is 16.3. The van der Waals surface area contributed by atoms with E-state index < -0.39 is 0 Å². The average Bonchev–Trinajstić information content (AvgIpc) is 3.87. The summed E-state index contributed by atoms with van der Waals surface area (Å²) in [6.45, 7) is 4.73. The highest BCUT2D eigenvalue weighted by atomic mass is 15.1. The Hall–Kier alpha value is -8.72. The fourth-order valence-corrected chi connectivity index (χ4v) is 11.2. The van der Waals surface area contributed by atoms with Gasteiger partial charge in [0.25, 0.3) is 0 Å². The van der Waals surface area contributed by atoms with Gasteiger partial charge in [-0.15, -0.1) is 0 Å². The third kappa shape index (κ3) is 6.79. The molecule has 0 bridgehead atoms. The molecule has 0 saturated heterocycles. The van der Waals surface area contributed by atoms with Crippen molar-refractivity contribution in [3.05, 3.63) is 266 Å². The molecule has 0 atom stereocenters. The third-order valence-electron chi connectivity index (χ3n) is 14.6. The smallest absolute Gasteiger partial charge is 0.0541 e. The van der Waals surface area contributed by atoms with Gasteiger partial charge in [0.1, 0.15) is 0 Å². The van der Waals surface area contributed by atoms with Crippen molar-refractivity contribution < 1.29 is 0 Å². The summed E-state index contributed by atoms with van der Waals surface area (Å²) in [5.41, 5.74) is 21.7. The molecule has 1 aromatic heterocycles. The molecule has 2 nitrogen and oxygen atoms in total. The van der Waals surface area contributed by atoms with Gasteiger partial charge in [-0.2, -0.15) is 0 Å². The number of benzene rings is 11. The number of para-hydroxylation sites is 1. The van der Waals surface area contributed by atoms with Crippen LogP contribution in [0.25, 0.3) is 93.9 Å². The number of anilines is 3. The van der Waals surface area contributed by atoms with Crippen molar-refractivity contribution in [1.29, 1.82) is 0 Å². The fourth-order valence-electron chi connectivity index (χ4n) is 11.2. The van der Waals surface area contributed by atoms with Crippen LogP contribution in [-0.4, -0.2) is 4.57 Å². The highest BCUT2D eigenvalue weighted by molar-refractivity contribution is 6.11. The van der Waals surface area contributed by atoms with Crippen LogP contribution in [0.15, 0.2) is 255 Å². The topological polar surface area (TPSA) is 8.17 Å². The van der Waals surface area contributed by atoms with Gasteiger partial charge < -0.3 is 9.47 Å². The molecule has 1 aliphatic rings. The molecule has 0 radical (unpaired) electrons. The van der Waals surface area contributed by atoms with Gasteiger partial charge in [-0.25, -0.2) is 0 Å². The SMILES string of the molecule is CC1(C)c2ccccc2-c2ccc(N(c3cccc(-c4cccc(-c5ccc6c(c5)c5ccccc5n6-c5ccc(-c6ccccc6)cc5)c4)c3)c3ccc(-c4ccccc4)c4ccccc34)cc21. The lowest BCUT2D eigenvalue weighted by Gasteiger charge is -2.30. The van der Waals surface area contributed by atoms with Crippen molar-refractivity contribution in [2.75, 3.05) is 4.90 Å². The van der Waals surface area contributed by atoms with E-state index >= 15 is 0 Å². The number of nitrogens with zero attached hydrogens (tertiary/aromatic N) is 2. The van der Waals surface area contributed by atoms with E-state index in [2.05, 4.69) is 278 Å². The van der Waals surface area contributed by atoms with Gasteiger partial charge in [-0.05, 0) is 139 Å². The van der Waals surface area contributed by atoms with E-state index in [-0.39, 0.29) is 5.41 Å². The third-order valence-corrected chi connectivity index (χ3v) is 14.6. The summed E-state index contributed by atoms with van der Waals surface area (Å²) in [5.74, 6) is 0. The zero-order valence-corrected chi connectivity index (χ0v) is 38.6. The molecule has 1 heterocycles. The van der Waals surface area contributed by atoms with Crippen LogP contribution in [0.2, 0.25) is 0 Å². The van der Waals surface area contributed by atoms with Crippen LogP contribution in [0.4, 0.5) is 17.1 Å². The van der Waals surface area contributed by atoms with Crippen LogP contribution in [0.3, 0.4) is 0 Å². The molecular formula is C67H48N2. The number of fused-ring (bicyclic) bond motifs is 7. The molecule has 0 fully saturated rings. The molecule has 11 aromatic carbocycles. The minimum Gasteiger partial charge on any atom is -0.310 e. The molecule has 0 saturated carbocycles. The van der Waals surface area contributed by atoms with Crippen molar-refractivity contribution in [3.8, 4) is 61.3 Å². The molecule has 0 aliphatic heterocycles. The van der Waals surface area contributed by atoms with Gasteiger partial charge in [0, 0.05) is 38.6 Å². The van der Waals surface area contributed by atoms with Crippen LogP contribution in [0, 0.1) is 0 Å². The van der Waals surface area contributed by atoms with Crippen LogP contribution in [0.5, 0.6) is 0 Å². The van der Waals surface area contributed by atoms with E-state index in [0.717, 1.165) is 28.3 Å². The highest BCUT2D eigenvalue weighted by Gasteiger charge is 2.36. The summed E-state index contributed by atoms with van der Waals surface area (Å²) < 4.78 is 2.40. The summed E-state index contributed by atoms with van der Waals surface area (Å²) >= 11 is 0. The predicted octanol–water partition coefficient (Wildman–Crippen LogP) is 18.4. The molecule has 69 heavy (non-hydrogen) atoms. The highest BCUT2D eigenvalue weighted by Crippen LogP contribution is 2.51. The van der Waals surface area contributed by atoms with Crippen LogP contribution in [0.1, 0.15) is 25.0 Å². The lowest BCUT2D eigenvalue weighted by Crippen LogP contribution is -2.16. The molecule has 0 N–H and O–H groups in total. The molecule has 2 heteroatoms. The average molecular weight is 881 g/mol. The first-order valence-electron chi connectivity index (χ1n) is 24.0. The van der Waals surface area contributed by atoms with Crippen LogP contribution in [-0.2, 0) is 5.41 Å². The predicted molar refractivity (Wildman–Crippen MR) is 292 cm³/mol. The van der Waals surface area contributed by atoms with Crippen molar-refractivity contribution in [1.82, 2.24) is 4.57 Å². The molecule has 0 spiro atoms. The van der Waals surface area contributed by atoms with Crippen molar-refractivity contribution in [2.45, 2.75) is 19.3 Å². The van der Waals surface area contributed by atoms with Crippen molar-refractivity contribution >= 4 is 49.6 Å². The Morgan fingerprint density at radius 3 is 1.62 bits per heavy atom. The Bertz CT molecular complexity index is 3910. The molecule has 0 unspecified atom stereocenters. The summed E-state index contributed by atoms with van der Waals surface area (Å²) in [4.78, 5) is 2.47. The Labute approximate surface area is 403 Å². The maximum atomic E-state index is 2.47. The van der Waals surface area contributed by atoms with E-state index in [9.17, 15) is 0 Å². The fraction of sp³-hybridized carbons (Fsp3) is 0.0448. The largest absolute Gasteiger partial charge is 0.310 e. The van der Waals surface area contributed by atoms with Gasteiger partial charge in [0.2, 0.25) is 0 Å². The van der Waals surface area contributed by atoms with Gasteiger partial charge in [-0.3, -0.25) is 0 Å². The summed E-state index contributed by atoms with van der Waals surface area (Å²) in [5, 5.41) is 4.92. The molecule has 1 aliphatic carbocycles. The van der Waals surface area contributed by atoms with Crippen LogP contribution >= 0.6 is 0 Å². The van der Waals surface area contributed by atoms with E-state index in [1.54, 1.807) is 0 Å². The second-order valence-electron chi connectivity index (χ2n) is 18.9. The second-order valence-corrected chi connectivity index (χ2v) is 18.9. The van der Waals surface area contributed by atoms with E-state index in [1.165, 1.54) is 93.8 Å². The monoisotopic (exact) mass is 880 g/mol. The van der Waals surface area contributed by atoms with Gasteiger partial charge >= 0.3 is 0 Å². The summed E-state index contributed by atoms with van der Waals surface area (Å²) in [7, 11) is 0. The van der Waals surface area contributed by atoms with E-state index in [4.69, 9.17) is 0 Å². The standard InChI is InChI=1S/C67H48N2/c1-67(2)62-29-13-11-26-57(62)58-37-36-54(44-63(58)67)68(65-40-38-55(47-19-7-4-8-20-47)56-25-9-10-27-59(56)65)53-24-16-23-50(42-53)48-21-15-22-49(41-48)51-33-39-66-61(43-51)60-28-12-14-30-64(60)69(66)52-34-31-46(32-35-52)45-17-5-3-6-18-45/h3-44H,1-2H3. The van der Waals surface area contributed by atoms with Gasteiger partial charge in [0.05, 0.1) is 16.7 Å². The molecule has 326 valence electrons. The zero-order valence-electron chi connectivity index (χ0n) is 38.6. The quantitative estimate of drug-likeness (QED) is 0.148. The van der Waals surface area contributed by atoms with Gasteiger partial charge in [-0.1, -0.05) is 202 Å². The Balaban J connectivity index is 0.916. The molecule has 12 aromatic rings. The lowest BCUT2D eigenvalue weighted by atomic mass is 9.82. The number of rotatable bonds is 8. The lowest BCUT2D eigenvalue weighted by molar-refractivity contribution is 0.660. The minimum atomic E-state index is -0.138. The molecule has 0 amide bonds. The maximum absolute atomic E-state index is 2.47. The summed E-state index contributed by atoms with van der Waals surface area (Å²) in [6, 6.07) is 93.7. The normalized spacial score (nSPS) is 12.6. The van der Waals surface area contributed by atoms with E-state index in [1.807, 2.05) is 0 Å². The number of aromatic nitrogens is 1. The Kier molecular flexibility index (Phi) is 9.55. The Morgan fingerprint density at radius 1 is 0.304 bits per heavy atom. The molecular weight excluding hydrogens is 833 g/mol. The first-order chi connectivity index (χ1) is 34.0. The van der Waals surface area contributed by atoms with Gasteiger partial charge in [0.15, 0.2) is 0 Å². The minimum absolute atomic E-state index is 0.138. The first kappa shape index (κ1) is 40.5. The Morgan fingerprint density at radius 2 is 0.841 bits per heavy atom. The zero-order chi connectivity index (χ0) is 46.1. The summed E-state index contributed by atoms with van der Waals surface area (Å²) in [6.07, 6.45) is 0. The number of hydrogen-bond donors (Lipinski definition) is 0. The maximum Gasteiger partial charge on any atom is 0.0541 e. The van der Waals surface area contributed by atoms with Crippen LogP contribution < -0.4 is 4.90 Å². The van der Waals surface area contributed by atoms with Crippen molar-refractivity contribution in [2.24, 2.45) is 0 Å². The van der Waals surface area contributed by atoms with E-state index in [0.29, 0.717) is 0 Å². The molecule has 13 rings (SSSR count).